The summed E-state index contributed by atoms with van der Waals surface area (Å²) in [6.07, 6.45) is 1.34. The van der Waals surface area contributed by atoms with Gasteiger partial charge in [0.1, 0.15) is 23.7 Å². The standard InChI is InChI=1S/C18H23N3O4/c1-10(2)24-17-8-11-13(7-12(17)18(19)23)21-6-4-15(11)25-16-3-5-20-9-14(16)22/h4,6-8,10,14,16,20,22H,3,5,9H2,1-2H3,(H2,19,23)/t14-,16+/m0/s1. The number of amides is 1. The van der Waals surface area contributed by atoms with E-state index in [0.29, 0.717) is 35.4 Å². The van der Waals surface area contributed by atoms with Gasteiger partial charge in [-0.1, -0.05) is 0 Å². The van der Waals surface area contributed by atoms with E-state index in [-0.39, 0.29) is 17.8 Å². The summed E-state index contributed by atoms with van der Waals surface area (Å²) in [6, 6.07) is 5.09. The van der Waals surface area contributed by atoms with E-state index in [1.807, 2.05) is 13.8 Å². The van der Waals surface area contributed by atoms with E-state index in [4.69, 9.17) is 15.2 Å². The third kappa shape index (κ3) is 3.83. The number of nitrogens with zero attached hydrogens (tertiary/aromatic N) is 1. The van der Waals surface area contributed by atoms with Crippen molar-refractivity contribution in [2.75, 3.05) is 13.1 Å². The number of benzene rings is 1. The van der Waals surface area contributed by atoms with E-state index >= 15 is 0 Å². The molecule has 0 spiro atoms. The minimum Gasteiger partial charge on any atom is -0.490 e. The minimum absolute atomic E-state index is 0.108. The Labute approximate surface area is 146 Å². The smallest absolute Gasteiger partial charge is 0.252 e. The van der Waals surface area contributed by atoms with Crippen LogP contribution in [0.1, 0.15) is 30.6 Å². The molecule has 1 amide bonds. The van der Waals surface area contributed by atoms with Crippen LogP contribution in [0, 0.1) is 0 Å². The number of rotatable bonds is 5. The minimum atomic E-state index is -0.576. The molecule has 134 valence electrons. The number of hydrogen-bond donors (Lipinski definition) is 3. The molecule has 1 fully saturated rings. The molecule has 4 N–H and O–H groups in total. The van der Waals surface area contributed by atoms with Crippen molar-refractivity contribution in [3.05, 3.63) is 30.0 Å². The van der Waals surface area contributed by atoms with Crippen molar-refractivity contribution in [1.82, 2.24) is 10.3 Å². The predicted molar refractivity (Wildman–Crippen MR) is 93.9 cm³/mol. The number of aliphatic hydroxyl groups excluding tert-OH is 1. The van der Waals surface area contributed by atoms with Gasteiger partial charge >= 0.3 is 0 Å². The zero-order chi connectivity index (χ0) is 18.0. The Kier molecular flexibility index (Phi) is 5.06. The summed E-state index contributed by atoms with van der Waals surface area (Å²) >= 11 is 0. The zero-order valence-corrected chi connectivity index (χ0v) is 14.4. The van der Waals surface area contributed by atoms with E-state index in [1.165, 1.54) is 0 Å². The number of hydrogen-bond acceptors (Lipinski definition) is 6. The first kappa shape index (κ1) is 17.4. The Morgan fingerprint density at radius 1 is 1.40 bits per heavy atom. The first-order valence-corrected chi connectivity index (χ1v) is 8.40. The van der Waals surface area contributed by atoms with Crippen LogP contribution in [-0.2, 0) is 0 Å². The fourth-order valence-electron chi connectivity index (χ4n) is 2.91. The topological polar surface area (TPSA) is 107 Å². The maximum Gasteiger partial charge on any atom is 0.252 e. The summed E-state index contributed by atoms with van der Waals surface area (Å²) in [7, 11) is 0. The summed E-state index contributed by atoms with van der Waals surface area (Å²) < 4.78 is 11.8. The second-order valence-electron chi connectivity index (χ2n) is 6.42. The second kappa shape index (κ2) is 7.25. The van der Waals surface area contributed by atoms with E-state index in [9.17, 15) is 9.90 Å². The summed E-state index contributed by atoms with van der Waals surface area (Å²) in [5, 5.41) is 13.9. The lowest BCUT2D eigenvalue weighted by Crippen LogP contribution is -2.46. The Morgan fingerprint density at radius 3 is 2.88 bits per heavy atom. The number of carbonyl (C=O) groups is 1. The summed E-state index contributed by atoms with van der Waals surface area (Å²) in [4.78, 5) is 16.0. The number of carbonyl (C=O) groups excluding carboxylic acids is 1. The summed E-state index contributed by atoms with van der Waals surface area (Å²) in [5.74, 6) is 0.429. The number of β-amino-alcohol motifs (C(OH)–C–C–N with tert-alkyl or cyclic N) is 1. The highest BCUT2D eigenvalue weighted by Crippen LogP contribution is 2.32. The number of aliphatic hydroxyl groups is 1. The molecule has 1 aromatic carbocycles. The number of nitrogens with two attached hydrogens (primary N) is 1. The van der Waals surface area contributed by atoms with Gasteiger partial charge in [0.2, 0.25) is 0 Å². The average molecular weight is 345 g/mol. The van der Waals surface area contributed by atoms with E-state index in [2.05, 4.69) is 10.3 Å². The number of piperidine rings is 1. The van der Waals surface area contributed by atoms with Gasteiger partial charge in [0.15, 0.2) is 0 Å². The number of fused-ring (bicyclic) bond motifs is 1. The van der Waals surface area contributed by atoms with Crippen molar-refractivity contribution in [1.29, 1.82) is 0 Å². The van der Waals surface area contributed by atoms with Gasteiger partial charge in [0.05, 0.1) is 17.2 Å². The summed E-state index contributed by atoms with van der Waals surface area (Å²) in [6.45, 7) is 5.04. The lowest BCUT2D eigenvalue weighted by molar-refractivity contribution is 0.0171. The van der Waals surface area contributed by atoms with Gasteiger partial charge in [-0.25, -0.2) is 0 Å². The van der Waals surface area contributed by atoms with Crippen LogP contribution < -0.4 is 20.5 Å². The molecule has 7 heteroatoms. The maximum absolute atomic E-state index is 11.7. The van der Waals surface area contributed by atoms with Crippen molar-refractivity contribution >= 4 is 16.8 Å². The van der Waals surface area contributed by atoms with Gasteiger partial charge in [-0.15, -0.1) is 0 Å². The predicted octanol–water partition coefficient (Wildman–Crippen LogP) is 1.22. The molecule has 0 unspecified atom stereocenters. The van der Waals surface area contributed by atoms with Crippen molar-refractivity contribution < 1.29 is 19.4 Å². The van der Waals surface area contributed by atoms with Crippen LogP contribution in [0.2, 0.25) is 0 Å². The monoisotopic (exact) mass is 345 g/mol. The zero-order valence-electron chi connectivity index (χ0n) is 14.4. The van der Waals surface area contributed by atoms with Crippen molar-refractivity contribution in [3.63, 3.8) is 0 Å². The van der Waals surface area contributed by atoms with Crippen LogP contribution in [0.5, 0.6) is 11.5 Å². The molecule has 3 rings (SSSR count). The maximum atomic E-state index is 11.7. The number of aromatic nitrogens is 1. The van der Waals surface area contributed by atoms with Crippen LogP contribution in [0.4, 0.5) is 0 Å². The van der Waals surface area contributed by atoms with Crippen LogP contribution >= 0.6 is 0 Å². The second-order valence-corrected chi connectivity index (χ2v) is 6.42. The van der Waals surface area contributed by atoms with E-state index in [0.717, 1.165) is 6.54 Å². The molecular weight excluding hydrogens is 322 g/mol. The van der Waals surface area contributed by atoms with Gasteiger partial charge < -0.3 is 25.6 Å². The Hall–Kier alpha value is -2.38. The number of primary amides is 1. The number of ether oxygens (including phenoxy) is 2. The molecule has 2 atom stereocenters. The highest BCUT2D eigenvalue weighted by molar-refractivity contribution is 6.01. The molecular formula is C18H23N3O4. The number of nitrogens with one attached hydrogen (secondary N) is 1. The molecule has 0 aliphatic carbocycles. The molecule has 25 heavy (non-hydrogen) atoms. The molecule has 1 aliphatic heterocycles. The summed E-state index contributed by atoms with van der Waals surface area (Å²) in [5.41, 5.74) is 6.34. The van der Waals surface area contributed by atoms with Crippen LogP contribution in [-0.4, -0.2) is 47.4 Å². The molecule has 0 bridgehead atoms. The Morgan fingerprint density at radius 2 is 2.20 bits per heavy atom. The van der Waals surface area contributed by atoms with E-state index in [1.54, 1.807) is 24.4 Å². The Balaban J connectivity index is 2.02. The highest BCUT2D eigenvalue weighted by atomic mass is 16.5. The van der Waals surface area contributed by atoms with Crippen molar-refractivity contribution in [3.8, 4) is 11.5 Å². The molecule has 1 saturated heterocycles. The molecule has 0 saturated carbocycles. The quantitative estimate of drug-likeness (QED) is 0.752. The lowest BCUT2D eigenvalue weighted by atomic mass is 10.1. The normalized spacial score (nSPS) is 20.6. The Bertz CT molecular complexity index is 778. The van der Waals surface area contributed by atoms with Gasteiger partial charge in [0, 0.05) is 18.1 Å². The van der Waals surface area contributed by atoms with Gasteiger partial charge in [0.25, 0.3) is 5.91 Å². The van der Waals surface area contributed by atoms with Crippen LogP contribution in [0.15, 0.2) is 24.4 Å². The van der Waals surface area contributed by atoms with Crippen LogP contribution in [0.25, 0.3) is 10.9 Å². The average Bonchev–Trinajstić information content (AvgIpc) is 2.56. The molecule has 2 heterocycles. The SMILES string of the molecule is CC(C)Oc1cc2c(O[C@@H]3CCNC[C@@H]3O)ccnc2cc1C(N)=O. The fraction of sp³-hybridized carbons (Fsp3) is 0.444. The van der Waals surface area contributed by atoms with Gasteiger partial charge in [-0.05, 0) is 45.0 Å². The largest absolute Gasteiger partial charge is 0.490 e. The lowest BCUT2D eigenvalue weighted by Gasteiger charge is -2.29. The molecule has 7 nitrogen and oxygen atoms in total. The third-order valence-corrected chi connectivity index (χ3v) is 4.10. The van der Waals surface area contributed by atoms with Crippen LogP contribution in [0.3, 0.4) is 0 Å². The number of pyridine rings is 1. The first-order valence-electron chi connectivity index (χ1n) is 8.40. The highest BCUT2D eigenvalue weighted by Gasteiger charge is 2.25. The molecule has 1 aliphatic rings. The van der Waals surface area contributed by atoms with Gasteiger partial charge in [-0.2, -0.15) is 0 Å². The fourth-order valence-corrected chi connectivity index (χ4v) is 2.91. The van der Waals surface area contributed by atoms with Crippen molar-refractivity contribution in [2.24, 2.45) is 5.73 Å². The molecule has 0 radical (unpaired) electrons. The third-order valence-electron chi connectivity index (χ3n) is 4.10. The first-order chi connectivity index (χ1) is 12.0. The molecule has 1 aromatic heterocycles. The van der Waals surface area contributed by atoms with Gasteiger partial charge in [-0.3, -0.25) is 9.78 Å². The molecule has 2 aromatic rings. The van der Waals surface area contributed by atoms with Crippen molar-refractivity contribution in [2.45, 2.75) is 38.6 Å². The van der Waals surface area contributed by atoms with E-state index < -0.39 is 12.0 Å².